The number of carbonyl (C=O) groups is 2. The van der Waals surface area contributed by atoms with Crippen molar-refractivity contribution in [1.29, 1.82) is 0 Å². The van der Waals surface area contributed by atoms with Crippen molar-refractivity contribution in [2.24, 2.45) is 17.6 Å². The van der Waals surface area contributed by atoms with E-state index in [1.165, 1.54) is 24.0 Å². The monoisotopic (exact) mass is 595 g/mol. The first-order chi connectivity index (χ1) is 19.8. The number of methoxy groups -OCH3 is 1. The number of carbonyl (C=O) groups excluding carboxylic acids is 2. The van der Waals surface area contributed by atoms with Crippen molar-refractivity contribution in [3.63, 3.8) is 0 Å². The van der Waals surface area contributed by atoms with Crippen LogP contribution in [0.3, 0.4) is 0 Å². The van der Waals surface area contributed by atoms with Gasteiger partial charge in [-0.1, -0.05) is 0 Å². The summed E-state index contributed by atoms with van der Waals surface area (Å²) in [7, 11) is 1.36. The SMILES string of the molecule is COc1cnc([C@H](c2cn3ncc([C@H](NC(=O)CCC(F)(F)F)C4CC4)cc3n2)C2CCC(F)(F)CC2)c(C(N)=O)n1. The normalized spacial score (nSPS) is 18.9. The third-order valence-corrected chi connectivity index (χ3v) is 7.83. The maximum absolute atomic E-state index is 14.1. The van der Waals surface area contributed by atoms with E-state index in [0.717, 1.165) is 12.8 Å². The Kier molecular flexibility index (Phi) is 8.03. The number of rotatable bonds is 10. The molecule has 0 aliphatic heterocycles. The van der Waals surface area contributed by atoms with E-state index >= 15 is 0 Å². The number of nitrogens with two attached hydrogens (primary N) is 1. The van der Waals surface area contributed by atoms with E-state index in [1.54, 1.807) is 12.3 Å². The van der Waals surface area contributed by atoms with Crippen molar-refractivity contribution >= 4 is 17.5 Å². The van der Waals surface area contributed by atoms with Gasteiger partial charge in [0.25, 0.3) is 5.91 Å². The molecule has 0 spiro atoms. The minimum absolute atomic E-state index is 0.0582. The van der Waals surface area contributed by atoms with Gasteiger partial charge in [0.1, 0.15) is 0 Å². The van der Waals surface area contributed by atoms with Crippen LogP contribution >= 0.6 is 0 Å². The number of ether oxygens (including phenoxy) is 1. The fraction of sp³-hybridized carbons (Fsp3) is 0.556. The molecule has 3 heterocycles. The number of primary amides is 1. The van der Waals surface area contributed by atoms with E-state index < -0.39 is 48.7 Å². The lowest BCUT2D eigenvalue weighted by atomic mass is 9.75. The van der Waals surface area contributed by atoms with Gasteiger partial charge in [0.05, 0.1) is 55.5 Å². The Morgan fingerprint density at radius 2 is 1.86 bits per heavy atom. The molecule has 0 radical (unpaired) electrons. The van der Waals surface area contributed by atoms with Crippen molar-refractivity contribution in [2.75, 3.05) is 7.11 Å². The molecule has 3 aromatic rings. The molecule has 226 valence electrons. The van der Waals surface area contributed by atoms with Gasteiger partial charge in [0.15, 0.2) is 11.3 Å². The fourth-order valence-electron chi connectivity index (χ4n) is 5.52. The molecule has 5 rings (SSSR count). The molecule has 42 heavy (non-hydrogen) atoms. The molecule has 15 heteroatoms. The van der Waals surface area contributed by atoms with Crippen molar-refractivity contribution in [1.82, 2.24) is 29.9 Å². The van der Waals surface area contributed by atoms with Gasteiger partial charge in [-0.3, -0.25) is 14.6 Å². The minimum Gasteiger partial charge on any atom is -0.480 e. The lowest BCUT2D eigenvalue weighted by molar-refractivity contribution is -0.144. The number of alkyl halides is 5. The largest absolute Gasteiger partial charge is 0.480 e. The summed E-state index contributed by atoms with van der Waals surface area (Å²) < 4.78 is 72.5. The molecule has 3 aromatic heterocycles. The highest BCUT2D eigenvalue weighted by Gasteiger charge is 2.41. The zero-order valence-corrected chi connectivity index (χ0v) is 22.7. The van der Waals surface area contributed by atoms with Gasteiger partial charge in [-0.2, -0.15) is 18.3 Å². The number of hydrogen-bond acceptors (Lipinski definition) is 7. The van der Waals surface area contributed by atoms with Crippen LogP contribution in [0.1, 0.15) is 90.8 Å². The Balaban J connectivity index is 1.49. The van der Waals surface area contributed by atoms with Crippen molar-refractivity contribution in [2.45, 2.75) is 75.4 Å². The second kappa shape index (κ2) is 11.4. The first-order valence-corrected chi connectivity index (χ1v) is 13.6. The highest BCUT2D eigenvalue weighted by Crippen LogP contribution is 2.45. The Morgan fingerprint density at radius 1 is 1.14 bits per heavy atom. The zero-order chi connectivity index (χ0) is 30.2. The highest BCUT2D eigenvalue weighted by atomic mass is 19.4. The summed E-state index contributed by atoms with van der Waals surface area (Å²) in [5.74, 6) is -5.32. The molecule has 0 aromatic carbocycles. The van der Waals surface area contributed by atoms with E-state index in [4.69, 9.17) is 15.5 Å². The quantitative estimate of drug-likeness (QED) is 0.330. The Morgan fingerprint density at radius 3 is 2.48 bits per heavy atom. The van der Waals surface area contributed by atoms with E-state index in [9.17, 15) is 31.5 Å². The number of fused-ring (bicyclic) bond motifs is 1. The lowest BCUT2D eigenvalue weighted by Crippen LogP contribution is -2.30. The molecular weight excluding hydrogens is 565 g/mol. The van der Waals surface area contributed by atoms with Gasteiger partial charge >= 0.3 is 6.18 Å². The number of halogens is 5. The first kappa shape index (κ1) is 29.6. The second-order valence-electron chi connectivity index (χ2n) is 10.9. The van der Waals surface area contributed by atoms with Gasteiger partial charge in [-0.15, -0.1) is 0 Å². The molecule has 2 atom stereocenters. The molecule has 3 N–H and O–H groups in total. The topological polar surface area (TPSA) is 137 Å². The van der Waals surface area contributed by atoms with E-state index in [0.29, 0.717) is 16.9 Å². The summed E-state index contributed by atoms with van der Waals surface area (Å²) in [6, 6.07) is 1.15. The smallest absolute Gasteiger partial charge is 0.389 e. The van der Waals surface area contributed by atoms with Crippen LogP contribution in [-0.2, 0) is 4.79 Å². The predicted molar refractivity (Wildman–Crippen MR) is 138 cm³/mol. The summed E-state index contributed by atoms with van der Waals surface area (Å²) in [4.78, 5) is 38.0. The van der Waals surface area contributed by atoms with Crippen LogP contribution in [0.4, 0.5) is 22.0 Å². The van der Waals surface area contributed by atoms with E-state index in [-0.39, 0.29) is 54.8 Å². The average molecular weight is 596 g/mol. The van der Waals surface area contributed by atoms with Crippen LogP contribution in [0.15, 0.2) is 24.7 Å². The molecule has 2 aliphatic carbocycles. The molecule has 0 saturated heterocycles. The molecule has 10 nitrogen and oxygen atoms in total. The van der Waals surface area contributed by atoms with Crippen molar-refractivity contribution in [3.05, 3.63) is 47.3 Å². The van der Waals surface area contributed by atoms with Crippen LogP contribution in [0.2, 0.25) is 0 Å². The number of nitrogens with zero attached hydrogens (tertiary/aromatic N) is 5. The molecule has 2 fully saturated rings. The first-order valence-electron chi connectivity index (χ1n) is 13.6. The van der Waals surface area contributed by atoms with Gasteiger partial charge in [-0.05, 0) is 49.1 Å². The molecular formula is C27H30F5N7O3. The number of aromatic nitrogens is 5. The number of nitrogens with one attached hydrogen (secondary N) is 1. The molecule has 0 unspecified atom stereocenters. The van der Waals surface area contributed by atoms with Gasteiger partial charge in [0, 0.05) is 19.3 Å². The van der Waals surface area contributed by atoms with Crippen LogP contribution in [0.25, 0.3) is 5.65 Å². The third kappa shape index (κ3) is 6.76. The molecule has 2 aliphatic rings. The van der Waals surface area contributed by atoms with E-state index in [2.05, 4.69) is 20.4 Å². The standard InChI is InChI=1S/C27H30F5N7O3/c1-42-20-12-34-23(24(38-20)25(33)41)21(14-4-7-26(28,29)8-5-14)17-13-39-18(36-17)10-16(11-35-39)22(15-2-3-15)37-19(40)6-9-27(30,31)32/h10-15,21-22H,2-9H2,1H3,(H2,33,41)(H,37,40)/t21-,22+/m0/s1. The number of hydrogen-bond donors (Lipinski definition) is 2. The maximum Gasteiger partial charge on any atom is 0.389 e. The third-order valence-electron chi connectivity index (χ3n) is 7.83. The summed E-state index contributed by atoms with van der Waals surface area (Å²) in [5.41, 5.74) is 7.02. The highest BCUT2D eigenvalue weighted by molar-refractivity contribution is 5.92. The molecule has 2 amide bonds. The summed E-state index contributed by atoms with van der Waals surface area (Å²) in [5, 5.41) is 7.12. The van der Waals surface area contributed by atoms with Crippen LogP contribution < -0.4 is 15.8 Å². The minimum atomic E-state index is -4.44. The summed E-state index contributed by atoms with van der Waals surface area (Å²) in [6.45, 7) is 0. The maximum atomic E-state index is 14.1. The Labute approximate surface area is 237 Å². The van der Waals surface area contributed by atoms with Gasteiger partial charge in [-0.25, -0.2) is 23.3 Å². The van der Waals surface area contributed by atoms with Crippen LogP contribution in [0, 0.1) is 11.8 Å². The second-order valence-corrected chi connectivity index (χ2v) is 10.9. The fourth-order valence-corrected chi connectivity index (χ4v) is 5.52. The van der Waals surface area contributed by atoms with Gasteiger partial charge < -0.3 is 15.8 Å². The Bertz CT molecular complexity index is 1460. The Hall–Kier alpha value is -3.91. The lowest BCUT2D eigenvalue weighted by Gasteiger charge is -2.33. The molecule has 2 saturated carbocycles. The number of imidazole rings is 1. The average Bonchev–Trinajstić information content (AvgIpc) is 3.69. The number of amides is 2. The zero-order valence-electron chi connectivity index (χ0n) is 22.7. The summed E-state index contributed by atoms with van der Waals surface area (Å²) >= 11 is 0. The van der Waals surface area contributed by atoms with Crippen molar-refractivity contribution < 1.29 is 36.3 Å². The van der Waals surface area contributed by atoms with Crippen LogP contribution in [-0.4, -0.2) is 55.6 Å². The summed E-state index contributed by atoms with van der Waals surface area (Å²) in [6.07, 6.45) is -0.667. The predicted octanol–water partition coefficient (Wildman–Crippen LogP) is 4.49. The van der Waals surface area contributed by atoms with Crippen molar-refractivity contribution in [3.8, 4) is 5.88 Å². The van der Waals surface area contributed by atoms with E-state index in [1.807, 2.05) is 0 Å². The van der Waals surface area contributed by atoms with Gasteiger partial charge in [0.2, 0.25) is 17.7 Å². The molecule has 0 bridgehead atoms. The van der Waals surface area contributed by atoms with Crippen LogP contribution in [0.5, 0.6) is 5.88 Å².